The van der Waals surface area contributed by atoms with Crippen molar-refractivity contribution in [2.75, 3.05) is 17.2 Å². The van der Waals surface area contributed by atoms with Gasteiger partial charge in [0.25, 0.3) is 5.91 Å². The first-order valence-corrected chi connectivity index (χ1v) is 9.89. The number of nitrogens with one attached hydrogen (secondary N) is 3. The number of carbonyl (C=O) groups excluding carboxylic acids is 2. The van der Waals surface area contributed by atoms with E-state index in [0.717, 1.165) is 41.4 Å². The molecule has 0 atom stereocenters. The zero-order valence-electron chi connectivity index (χ0n) is 16.4. The lowest BCUT2D eigenvalue weighted by Crippen LogP contribution is -2.25. The quantitative estimate of drug-likeness (QED) is 0.576. The van der Waals surface area contributed by atoms with Crippen LogP contribution in [0.15, 0.2) is 54.6 Å². The summed E-state index contributed by atoms with van der Waals surface area (Å²) in [4.78, 5) is 28.4. The molecule has 1 saturated carbocycles. The zero-order chi connectivity index (χ0) is 20.2. The Labute approximate surface area is 169 Å². The Balaban J connectivity index is 1.44. The van der Waals surface area contributed by atoms with Gasteiger partial charge in [-0.15, -0.1) is 0 Å². The zero-order valence-corrected chi connectivity index (χ0v) is 16.4. The van der Waals surface area contributed by atoms with Crippen LogP contribution in [-0.4, -0.2) is 29.4 Å². The number of carbonyl (C=O) groups is 2. The van der Waals surface area contributed by atoms with Crippen LogP contribution in [0, 0.1) is 0 Å². The Kier molecular flexibility index (Phi) is 5.42. The lowest BCUT2D eigenvalue weighted by molar-refractivity contribution is -0.114. The Hall–Kier alpha value is -3.41. The van der Waals surface area contributed by atoms with Gasteiger partial charge < -0.3 is 16.0 Å². The number of hydrogen-bond donors (Lipinski definition) is 3. The molecule has 0 unspecified atom stereocenters. The van der Waals surface area contributed by atoms with Crippen molar-refractivity contribution in [3.8, 4) is 0 Å². The van der Waals surface area contributed by atoms with E-state index in [4.69, 9.17) is 0 Å². The van der Waals surface area contributed by atoms with Crippen molar-refractivity contribution in [2.24, 2.45) is 0 Å². The summed E-state index contributed by atoms with van der Waals surface area (Å²) >= 11 is 0. The minimum Gasteiger partial charge on any atom is -0.370 e. The van der Waals surface area contributed by atoms with Crippen LogP contribution in [0.3, 0.4) is 0 Å². The summed E-state index contributed by atoms with van der Waals surface area (Å²) in [6, 6.07) is 17.6. The first kappa shape index (κ1) is 18.9. The maximum atomic E-state index is 12.7. The van der Waals surface area contributed by atoms with Gasteiger partial charge in [-0.25, -0.2) is 4.98 Å². The Morgan fingerprint density at radius 2 is 1.83 bits per heavy atom. The average molecular weight is 388 g/mol. The smallest absolute Gasteiger partial charge is 0.252 e. The number of anilines is 2. The molecule has 1 aromatic heterocycles. The van der Waals surface area contributed by atoms with E-state index in [2.05, 4.69) is 20.9 Å². The summed E-state index contributed by atoms with van der Waals surface area (Å²) in [6.07, 6.45) is 2.92. The number of rotatable bonds is 7. The number of para-hydroxylation sites is 1. The van der Waals surface area contributed by atoms with E-state index < -0.39 is 0 Å². The molecule has 1 aliphatic rings. The Morgan fingerprint density at radius 3 is 2.55 bits per heavy atom. The molecule has 3 N–H and O–H groups in total. The van der Waals surface area contributed by atoms with Gasteiger partial charge in [0.05, 0.1) is 11.1 Å². The molecular weight excluding hydrogens is 364 g/mol. The molecule has 0 radical (unpaired) electrons. The highest BCUT2D eigenvalue weighted by Gasteiger charge is 2.25. The molecule has 0 spiro atoms. The van der Waals surface area contributed by atoms with E-state index in [9.17, 15) is 9.59 Å². The molecule has 0 saturated heterocycles. The van der Waals surface area contributed by atoms with Crippen LogP contribution in [-0.2, 0) is 11.2 Å². The highest BCUT2D eigenvalue weighted by molar-refractivity contribution is 6.07. The van der Waals surface area contributed by atoms with E-state index in [1.807, 2.05) is 54.6 Å². The van der Waals surface area contributed by atoms with Crippen LogP contribution in [0.1, 0.15) is 35.7 Å². The van der Waals surface area contributed by atoms with Crippen LogP contribution in [0.4, 0.5) is 11.5 Å². The number of nitrogens with zero attached hydrogens (tertiary/aromatic N) is 1. The molecule has 6 nitrogen and oxygen atoms in total. The largest absolute Gasteiger partial charge is 0.370 e. The van der Waals surface area contributed by atoms with Crippen molar-refractivity contribution in [3.63, 3.8) is 0 Å². The molecular formula is C23H24N4O2. The monoisotopic (exact) mass is 388 g/mol. The third-order valence-electron chi connectivity index (χ3n) is 4.87. The maximum Gasteiger partial charge on any atom is 0.252 e. The summed E-state index contributed by atoms with van der Waals surface area (Å²) in [5, 5.41) is 10.0. The predicted molar refractivity (Wildman–Crippen MR) is 115 cm³/mol. The van der Waals surface area contributed by atoms with Gasteiger partial charge in [-0.05, 0) is 49.1 Å². The molecule has 1 fully saturated rings. The summed E-state index contributed by atoms with van der Waals surface area (Å²) in [5.74, 6) is 0.575. The predicted octanol–water partition coefficient (Wildman–Crippen LogP) is 3.74. The highest BCUT2D eigenvalue weighted by Crippen LogP contribution is 2.24. The number of benzene rings is 2. The van der Waals surface area contributed by atoms with E-state index in [1.54, 1.807) is 0 Å². The molecule has 0 bridgehead atoms. The van der Waals surface area contributed by atoms with E-state index in [1.165, 1.54) is 6.92 Å². The summed E-state index contributed by atoms with van der Waals surface area (Å²) in [6.45, 7) is 2.18. The van der Waals surface area contributed by atoms with Gasteiger partial charge >= 0.3 is 0 Å². The summed E-state index contributed by atoms with van der Waals surface area (Å²) in [7, 11) is 0. The van der Waals surface area contributed by atoms with Crippen LogP contribution >= 0.6 is 0 Å². The van der Waals surface area contributed by atoms with Crippen molar-refractivity contribution in [3.05, 3.63) is 65.7 Å². The normalized spacial score (nSPS) is 13.1. The van der Waals surface area contributed by atoms with Gasteiger partial charge in [0.15, 0.2) is 0 Å². The molecule has 148 valence electrons. The third kappa shape index (κ3) is 4.90. The minimum absolute atomic E-state index is 0.0392. The number of amides is 2. The number of aromatic nitrogens is 1. The third-order valence-corrected chi connectivity index (χ3v) is 4.87. The molecule has 0 aliphatic heterocycles. The van der Waals surface area contributed by atoms with Gasteiger partial charge in [0.2, 0.25) is 5.91 Å². The fraction of sp³-hybridized carbons (Fsp3) is 0.261. The maximum absolute atomic E-state index is 12.7. The molecule has 29 heavy (non-hydrogen) atoms. The second-order valence-corrected chi connectivity index (χ2v) is 7.37. The van der Waals surface area contributed by atoms with Gasteiger partial charge in [-0.1, -0.05) is 30.3 Å². The molecule has 6 heteroatoms. The standard InChI is InChI=1S/C23H24N4O2/c1-15(28)25-17-8-6-16(7-9-17)12-13-24-22-14-20(23(29)26-18-10-11-18)19-4-2-3-5-21(19)27-22/h2-9,14,18H,10-13H2,1H3,(H,24,27)(H,25,28)(H,26,29). The Bertz CT molecular complexity index is 1040. The topological polar surface area (TPSA) is 83.1 Å². The first-order valence-electron chi connectivity index (χ1n) is 9.89. The molecule has 2 aromatic carbocycles. The molecule has 4 rings (SSSR count). The average Bonchev–Trinajstić information content (AvgIpc) is 3.52. The summed E-state index contributed by atoms with van der Waals surface area (Å²) in [5.41, 5.74) is 3.40. The molecule has 1 heterocycles. The Morgan fingerprint density at radius 1 is 1.07 bits per heavy atom. The SMILES string of the molecule is CC(=O)Nc1ccc(CCNc2cc(C(=O)NC3CC3)c3ccccc3n2)cc1. The number of pyridine rings is 1. The first-order chi connectivity index (χ1) is 14.1. The van der Waals surface area contributed by atoms with Crippen molar-refractivity contribution in [1.82, 2.24) is 10.3 Å². The lowest BCUT2D eigenvalue weighted by Gasteiger charge is -2.12. The molecule has 1 aliphatic carbocycles. The van der Waals surface area contributed by atoms with Crippen LogP contribution < -0.4 is 16.0 Å². The van der Waals surface area contributed by atoms with Gasteiger partial charge in [0, 0.05) is 30.6 Å². The highest BCUT2D eigenvalue weighted by atomic mass is 16.2. The second kappa shape index (κ2) is 8.31. The second-order valence-electron chi connectivity index (χ2n) is 7.37. The van der Waals surface area contributed by atoms with Crippen molar-refractivity contribution in [2.45, 2.75) is 32.2 Å². The fourth-order valence-electron chi connectivity index (χ4n) is 3.24. The van der Waals surface area contributed by atoms with Gasteiger partial charge in [0.1, 0.15) is 5.82 Å². The van der Waals surface area contributed by atoms with Crippen molar-refractivity contribution < 1.29 is 9.59 Å². The minimum atomic E-state index is -0.0803. The van der Waals surface area contributed by atoms with Crippen molar-refractivity contribution in [1.29, 1.82) is 0 Å². The van der Waals surface area contributed by atoms with Crippen molar-refractivity contribution >= 4 is 34.2 Å². The van der Waals surface area contributed by atoms with Crippen LogP contribution in [0.2, 0.25) is 0 Å². The number of hydrogen-bond acceptors (Lipinski definition) is 4. The van der Waals surface area contributed by atoms with E-state index in [0.29, 0.717) is 24.0 Å². The van der Waals surface area contributed by atoms with E-state index in [-0.39, 0.29) is 11.8 Å². The van der Waals surface area contributed by atoms with Gasteiger partial charge in [-0.2, -0.15) is 0 Å². The van der Waals surface area contributed by atoms with E-state index >= 15 is 0 Å². The van der Waals surface area contributed by atoms with Crippen LogP contribution in [0.25, 0.3) is 10.9 Å². The molecule has 2 amide bonds. The van der Waals surface area contributed by atoms with Crippen LogP contribution in [0.5, 0.6) is 0 Å². The molecule has 3 aromatic rings. The lowest BCUT2D eigenvalue weighted by atomic mass is 10.1. The van der Waals surface area contributed by atoms with Gasteiger partial charge in [-0.3, -0.25) is 9.59 Å². The summed E-state index contributed by atoms with van der Waals surface area (Å²) < 4.78 is 0. The fourth-order valence-corrected chi connectivity index (χ4v) is 3.24. The number of fused-ring (bicyclic) bond motifs is 1.